The van der Waals surface area contributed by atoms with Crippen molar-refractivity contribution >= 4 is 0 Å². The third kappa shape index (κ3) is 3.53. The molecule has 1 saturated carbocycles. The Morgan fingerprint density at radius 1 is 1.41 bits per heavy atom. The maximum atomic E-state index is 6.26. The minimum absolute atomic E-state index is 0.392. The molecule has 94 valence electrons. The Morgan fingerprint density at radius 3 is 3.00 bits per heavy atom. The lowest BCUT2D eigenvalue weighted by atomic mass is 9.74. The van der Waals surface area contributed by atoms with Gasteiger partial charge in [-0.2, -0.15) is 0 Å². The van der Waals surface area contributed by atoms with Crippen LogP contribution in [-0.4, -0.2) is 11.0 Å². The zero-order chi connectivity index (χ0) is 12.1. The Morgan fingerprint density at radius 2 is 2.29 bits per heavy atom. The first kappa shape index (κ1) is 12.6. The summed E-state index contributed by atoms with van der Waals surface area (Å²) in [4.78, 5) is 4.19. The molecule has 0 spiro atoms. The predicted octanol–water partition coefficient (Wildman–Crippen LogP) is 3.17. The van der Waals surface area contributed by atoms with E-state index in [0.717, 1.165) is 12.3 Å². The first-order valence-corrected chi connectivity index (χ1v) is 6.94. The average Bonchev–Trinajstić information content (AvgIpc) is 2.35. The Labute approximate surface area is 105 Å². The van der Waals surface area contributed by atoms with Crippen LogP contribution in [0, 0.1) is 11.8 Å². The lowest BCUT2D eigenvalue weighted by Gasteiger charge is -2.34. The molecule has 1 aliphatic carbocycles. The van der Waals surface area contributed by atoms with Gasteiger partial charge < -0.3 is 5.73 Å². The molecule has 0 saturated heterocycles. The van der Waals surface area contributed by atoms with E-state index in [4.69, 9.17) is 5.73 Å². The maximum Gasteiger partial charge on any atom is 0.0299 e. The van der Waals surface area contributed by atoms with E-state index >= 15 is 0 Å². The molecule has 2 heteroatoms. The number of nitrogens with two attached hydrogens (primary N) is 1. The molecule has 0 bridgehead atoms. The van der Waals surface area contributed by atoms with E-state index in [1.54, 1.807) is 0 Å². The summed E-state index contributed by atoms with van der Waals surface area (Å²) in [5.41, 5.74) is 7.60. The molecular formula is C15H24N2. The topological polar surface area (TPSA) is 38.9 Å². The summed E-state index contributed by atoms with van der Waals surface area (Å²) in [7, 11) is 0. The van der Waals surface area contributed by atoms with Crippen LogP contribution < -0.4 is 5.73 Å². The lowest BCUT2D eigenvalue weighted by molar-refractivity contribution is 0.221. The highest BCUT2D eigenvalue weighted by Crippen LogP contribution is 2.33. The largest absolute Gasteiger partial charge is 0.327 e. The summed E-state index contributed by atoms with van der Waals surface area (Å²) >= 11 is 0. The smallest absolute Gasteiger partial charge is 0.0299 e. The van der Waals surface area contributed by atoms with Crippen LogP contribution in [0.2, 0.25) is 0 Å². The second-order valence-corrected chi connectivity index (χ2v) is 5.46. The summed E-state index contributed by atoms with van der Waals surface area (Å²) in [6.45, 7) is 2.28. The molecule has 0 aliphatic heterocycles. The summed E-state index contributed by atoms with van der Waals surface area (Å²) in [5.74, 6) is 1.56. The quantitative estimate of drug-likeness (QED) is 0.866. The SMILES string of the molecule is CCCC1CCC(N)C(Cc2cccnc2)C1. The van der Waals surface area contributed by atoms with Crippen LogP contribution in [0.1, 0.15) is 44.6 Å². The maximum absolute atomic E-state index is 6.26. The molecule has 2 N–H and O–H groups in total. The van der Waals surface area contributed by atoms with Gasteiger partial charge in [-0.1, -0.05) is 25.8 Å². The molecule has 3 atom stereocenters. The molecule has 2 rings (SSSR count). The molecule has 1 heterocycles. The van der Waals surface area contributed by atoms with Crippen molar-refractivity contribution in [1.29, 1.82) is 0 Å². The summed E-state index contributed by atoms with van der Waals surface area (Å²) in [6.07, 6.45) is 11.4. The molecule has 0 aromatic carbocycles. The van der Waals surface area contributed by atoms with Crippen LogP contribution in [0.5, 0.6) is 0 Å². The van der Waals surface area contributed by atoms with Gasteiger partial charge >= 0.3 is 0 Å². The number of rotatable bonds is 4. The molecule has 2 nitrogen and oxygen atoms in total. The first-order chi connectivity index (χ1) is 8.29. The van der Waals surface area contributed by atoms with Crippen molar-refractivity contribution in [3.8, 4) is 0 Å². The zero-order valence-electron chi connectivity index (χ0n) is 10.8. The van der Waals surface area contributed by atoms with Crippen molar-refractivity contribution in [3.05, 3.63) is 30.1 Å². The lowest BCUT2D eigenvalue weighted by Crippen LogP contribution is -2.37. The monoisotopic (exact) mass is 232 g/mol. The van der Waals surface area contributed by atoms with Crippen molar-refractivity contribution < 1.29 is 0 Å². The normalized spacial score (nSPS) is 29.2. The van der Waals surface area contributed by atoms with E-state index in [1.807, 2.05) is 18.5 Å². The van der Waals surface area contributed by atoms with Crippen LogP contribution in [0.25, 0.3) is 0 Å². The molecule has 1 aromatic heterocycles. The molecular weight excluding hydrogens is 208 g/mol. The van der Waals surface area contributed by atoms with Crippen molar-refractivity contribution in [2.24, 2.45) is 17.6 Å². The highest BCUT2D eigenvalue weighted by molar-refractivity contribution is 5.10. The molecule has 3 unspecified atom stereocenters. The van der Waals surface area contributed by atoms with Crippen molar-refractivity contribution in [1.82, 2.24) is 4.98 Å². The third-order valence-electron chi connectivity index (χ3n) is 4.07. The minimum Gasteiger partial charge on any atom is -0.327 e. The Hall–Kier alpha value is -0.890. The van der Waals surface area contributed by atoms with Gasteiger partial charge in [-0.05, 0) is 49.1 Å². The number of nitrogens with zero attached hydrogens (tertiary/aromatic N) is 1. The van der Waals surface area contributed by atoms with E-state index in [1.165, 1.54) is 37.7 Å². The molecule has 0 amide bonds. The Bertz CT molecular complexity index is 323. The molecule has 1 aliphatic rings. The molecule has 17 heavy (non-hydrogen) atoms. The predicted molar refractivity (Wildman–Crippen MR) is 71.7 cm³/mol. The van der Waals surface area contributed by atoms with Crippen LogP contribution in [-0.2, 0) is 6.42 Å². The van der Waals surface area contributed by atoms with E-state index in [9.17, 15) is 0 Å². The van der Waals surface area contributed by atoms with Crippen molar-refractivity contribution in [2.45, 2.75) is 51.5 Å². The second kappa shape index (κ2) is 6.15. The van der Waals surface area contributed by atoms with Gasteiger partial charge in [0, 0.05) is 18.4 Å². The fourth-order valence-corrected chi connectivity index (χ4v) is 3.11. The van der Waals surface area contributed by atoms with E-state index in [-0.39, 0.29) is 0 Å². The Kier molecular flexibility index (Phi) is 4.55. The molecule has 0 radical (unpaired) electrons. The van der Waals surface area contributed by atoms with Gasteiger partial charge in [0.15, 0.2) is 0 Å². The second-order valence-electron chi connectivity index (χ2n) is 5.46. The van der Waals surface area contributed by atoms with Gasteiger partial charge in [0.1, 0.15) is 0 Å². The van der Waals surface area contributed by atoms with Gasteiger partial charge in [0.05, 0.1) is 0 Å². The highest BCUT2D eigenvalue weighted by atomic mass is 14.7. The number of pyridine rings is 1. The van der Waals surface area contributed by atoms with Crippen LogP contribution >= 0.6 is 0 Å². The molecule has 1 aromatic rings. The van der Waals surface area contributed by atoms with Gasteiger partial charge in [-0.3, -0.25) is 4.98 Å². The minimum atomic E-state index is 0.392. The number of hydrogen-bond donors (Lipinski definition) is 1. The fourth-order valence-electron chi connectivity index (χ4n) is 3.11. The third-order valence-corrected chi connectivity index (χ3v) is 4.07. The van der Waals surface area contributed by atoms with E-state index in [2.05, 4.69) is 18.0 Å². The van der Waals surface area contributed by atoms with Gasteiger partial charge in [0.2, 0.25) is 0 Å². The van der Waals surface area contributed by atoms with Crippen LogP contribution in [0.3, 0.4) is 0 Å². The van der Waals surface area contributed by atoms with Gasteiger partial charge in [0.25, 0.3) is 0 Å². The fraction of sp³-hybridized carbons (Fsp3) is 0.667. The van der Waals surface area contributed by atoms with Gasteiger partial charge in [-0.15, -0.1) is 0 Å². The molecule has 1 fully saturated rings. The standard InChI is InChI=1S/C15H24N2/c1-2-4-12-6-7-15(16)14(9-12)10-13-5-3-8-17-11-13/h3,5,8,11-12,14-15H,2,4,6-7,9-10,16H2,1H3. The van der Waals surface area contributed by atoms with Crippen LogP contribution in [0.15, 0.2) is 24.5 Å². The van der Waals surface area contributed by atoms with Gasteiger partial charge in [-0.25, -0.2) is 0 Å². The van der Waals surface area contributed by atoms with Crippen LogP contribution in [0.4, 0.5) is 0 Å². The van der Waals surface area contributed by atoms with E-state index < -0.39 is 0 Å². The van der Waals surface area contributed by atoms with Crippen molar-refractivity contribution in [2.75, 3.05) is 0 Å². The summed E-state index contributed by atoms with van der Waals surface area (Å²) < 4.78 is 0. The summed E-state index contributed by atoms with van der Waals surface area (Å²) in [5, 5.41) is 0. The number of aromatic nitrogens is 1. The average molecular weight is 232 g/mol. The summed E-state index contributed by atoms with van der Waals surface area (Å²) in [6, 6.07) is 4.58. The van der Waals surface area contributed by atoms with Crippen molar-refractivity contribution in [3.63, 3.8) is 0 Å². The van der Waals surface area contributed by atoms with E-state index in [0.29, 0.717) is 12.0 Å². The zero-order valence-corrected chi connectivity index (χ0v) is 10.8. The first-order valence-electron chi connectivity index (χ1n) is 6.94. The highest BCUT2D eigenvalue weighted by Gasteiger charge is 2.27. The Balaban J connectivity index is 1.94. The number of hydrogen-bond acceptors (Lipinski definition) is 2.